The summed E-state index contributed by atoms with van der Waals surface area (Å²) in [5, 5.41) is 8.94. The van der Waals surface area contributed by atoms with Gasteiger partial charge in [-0.3, -0.25) is 4.98 Å². The topological polar surface area (TPSA) is 76.2 Å². The number of carboxylic acids is 1. The summed E-state index contributed by atoms with van der Waals surface area (Å²) < 4.78 is 66.1. The number of nitrogens with two attached hydrogens (primary N) is 1. The molecule has 23 heavy (non-hydrogen) atoms. The molecule has 122 valence electrons. The van der Waals surface area contributed by atoms with Gasteiger partial charge < -0.3 is 10.8 Å². The average molecular weight is 444 g/mol. The minimum atomic E-state index is -4.99. The summed E-state index contributed by atoms with van der Waals surface area (Å²) >= 11 is 1.37. The number of hydrogen-bond acceptors (Lipinski definition) is 3. The molecule has 2 aromatic rings. The molecule has 0 amide bonds. The van der Waals surface area contributed by atoms with Gasteiger partial charge in [0, 0.05) is 15.2 Å². The van der Waals surface area contributed by atoms with Gasteiger partial charge in [0.25, 0.3) is 0 Å². The molecule has 0 unspecified atom stereocenters. The SMILES string of the molecule is Nc1c(C(=O)O)cc(C(F)(F)F)c(-c2ncc(F)cc2F)c1I. The fourth-order valence-electron chi connectivity index (χ4n) is 1.90. The van der Waals surface area contributed by atoms with Crippen molar-refractivity contribution >= 4 is 34.2 Å². The molecule has 0 aliphatic carbocycles. The number of nitrogens with zero attached hydrogens (tertiary/aromatic N) is 1. The first-order chi connectivity index (χ1) is 10.5. The maximum atomic E-state index is 13.8. The monoisotopic (exact) mass is 444 g/mol. The Morgan fingerprint density at radius 3 is 2.35 bits per heavy atom. The molecule has 1 aromatic heterocycles. The molecule has 1 aromatic carbocycles. The Bertz CT molecular complexity index is 808. The number of aromatic carboxylic acids is 1. The van der Waals surface area contributed by atoms with Gasteiger partial charge in [-0.25, -0.2) is 13.6 Å². The fraction of sp³-hybridized carbons (Fsp3) is 0.0769. The van der Waals surface area contributed by atoms with Crippen molar-refractivity contribution in [2.24, 2.45) is 0 Å². The van der Waals surface area contributed by atoms with Gasteiger partial charge >= 0.3 is 12.1 Å². The molecule has 4 nitrogen and oxygen atoms in total. The number of nitrogen functional groups attached to an aromatic ring is 1. The number of pyridine rings is 1. The van der Waals surface area contributed by atoms with Crippen LogP contribution in [0.3, 0.4) is 0 Å². The molecule has 0 aliphatic heterocycles. The van der Waals surface area contributed by atoms with Crippen LogP contribution in [0.25, 0.3) is 11.3 Å². The smallest absolute Gasteiger partial charge is 0.417 e. The molecule has 10 heteroatoms. The van der Waals surface area contributed by atoms with Crippen molar-refractivity contribution in [3.63, 3.8) is 0 Å². The minimum absolute atomic E-state index is 0.305. The van der Waals surface area contributed by atoms with E-state index in [0.29, 0.717) is 18.3 Å². The minimum Gasteiger partial charge on any atom is -0.478 e. The first kappa shape index (κ1) is 17.4. The van der Waals surface area contributed by atoms with Crippen LogP contribution in [-0.4, -0.2) is 16.1 Å². The molecular weight excluding hydrogens is 438 g/mol. The lowest BCUT2D eigenvalue weighted by atomic mass is 9.98. The van der Waals surface area contributed by atoms with Gasteiger partial charge in [-0.05, 0) is 28.7 Å². The molecule has 0 saturated carbocycles. The lowest BCUT2D eigenvalue weighted by molar-refractivity contribution is -0.137. The predicted octanol–water partition coefficient (Wildman–Crippen LogP) is 3.93. The van der Waals surface area contributed by atoms with E-state index < -0.39 is 51.9 Å². The van der Waals surface area contributed by atoms with E-state index in [4.69, 9.17) is 10.8 Å². The summed E-state index contributed by atoms with van der Waals surface area (Å²) in [4.78, 5) is 14.4. The van der Waals surface area contributed by atoms with Crippen LogP contribution in [0.5, 0.6) is 0 Å². The lowest BCUT2D eigenvalue weighted by Crippen LogP contribution is -2.15. The number of hydrogen-bond donors (Lipinski definition) is 2. The Balaban J connectivity index is 2.92. The van der Waals surface area contributed by atoms with Crippen molar-refractivity contribution in [2.75, 3.05) is 5.73 Å². The van der Waals surface area contributed by atoms with E-state index in [0.717, 1.165) is 0 Å². The van der Waals surface area contributed by atoms with E-state index in [1.165, 1.54) is 22.6 Å². The van der Waals surface area contributed by atoms with Crippen molar-refractivity contribution < 1.29 is 31.9 Å². The van der Waals surface area contributed by atoms with Crippen molar-refractivity contribution in [3.8, 4) is 11.3 Å². The van der Waals surface area contributed by atoms with Gasteiger partial charge in [-0.2, -0.15) is 13.2 Å². The van der Waals surface area contributed by atoms with E-state index in [1.54, 1.807) is 0 Å². The number of aromatic nitrogens is 1. The van der Waals surface area contributed by atoms with Crippen LogP contribution in [0.15, 0.2) is 18.3 Å². The summed E-state index contributed by atoms with van der Waals surface area (Å²) in [7, 11) is 0. The second kappa shape index (κ2) is 5.91. The quantitative estimate of drug-likeness (QED) is 0.418. The molecule has 0 atom stereocenters. The van der Waals surface area contributed by atoms with E-state index in [-0.39, 0.29) is 3.57 Å². The van der Waals surface area contributed by atoms with Crippen LogP contribution < -0.4 is 5.73 Å². The summed E-state index contributed by atoms with van der Waals surface area (Å²) in [5.74, 6) is -4.05. The number of carbonyl (C=O) groups is 1. The second-order valence-electron chi connectivity index (χ2n) is 4.36. The largest absolute Gasteiger partial charge is 0.478 e. The van der Waals surface area contributed by atoms with Crippen molar-refractivity contribution in [3.05, 3.63) is 44.7 Å². The zero-order valence-electron chi connectivity index (χ0n) is 10.9. The van der Waals surface area contributed by atoms with E-state index >= 15 is 0 Å². The first-order valence-electron chi connectivity index (χ1n) is 5.78. The van der Waals surface area contributed by atoms with Crippen LogP contribution in [0.1, 0.15) is 15.9 Å². The first-order valence-corrected chi connectivity index (χ1v) is 6.85. The fourth-order valence-corrected chi connectivity index (χ4v) is 2.73. The van der Waals surface area contributed by atoms with Crippen LogP contribution in [0.4, 0.5) is 27.6 Å². The average Bonchev–Trinajstić information content (AvgIpc) is 2.40. The molecule has 0 saturated heterocycles. The number of alkyl halides is 3. The van der Waals surface area contributed by atoms with Gasteiger partial charge in [-0.15, -0.1) is 0 Å². The number of carboxylic acid groups (broad SMARTS) is 1. The van der Waals surface area contributed by atoms with E-state index in [1.807, 2.05) is 0 Å². The van der Waals surface area contributed by atoms with Crippen molar-refractivity contribution in [1.29, 1.82) is 0 Å². The maximum Gasteiger partial charge on any atom is 0.417 e. The molecule has 3 N–H and O–H groups in total. The molecule has 0 radical (unpaired) electrons. The highest BCUT2D eigenvalue weighted by atomic mass is 127. The van der Waals surface area contributed by atoms with Gasteiger partial charge in [0.2, 0.25) is 0 Å². The third-order valence-corrected chi connectivity index (χ3v) is 4.01. The van der Waals surface area contributed by atoms with E-state index in [2.05, 4.69) is 4.98 Å². The number of rotatable bonds is 2. The molecule has 1 heterocycles. The van der Waals surface area contributed by atoms with Gasteiger partial charge in [-0.1, -0.05) is 0 Å². The number of anilines is 1. The van der Waals surface area contributed by atoms with Crippen LogP contribution in [0, 0.1) is 15.2 Å². The molecular formula is C13H6F5IN2O2. The van der Waals surface area contributed by atoms with Gasteiger partial charge in [0.1, 0.15) is 11.5 Å². The molecule has 0 fully saturated rings. The summed E-state index contributed by atoms with van der Waals surface area (Å²) in [6, 6.07) is 0.680. The molecule has 0 spiro atoms. The second-order valence-corrected chi connectivity index (χ2v) is 5.44. The third kappa shape index (κ3) is 3.21. The normalized spacial score (nSPS) is 11.6. The summed E-state index contributed by atoms with van der Waals surface area (Å²) in [6.45, 7) is 0. The Kier molecular flexibility index (Phi) is 4.46. The Morgan fingerprint density at radius 1 is 1.26 bits per heavy atom. The van der Waals surface area contributed by atoms with Crippen molar-refractivity contribution in [2.45, 2.75) is 6.18 Å². The third-order valence-electron chi connectivity index (χ3n) is 2.88. The Labute approximate surface area is 139 Å². The Morgan fingerprint density at radius 2 is 1.87 bits per heavy atom. The van der Waals surface area contributed by atoms with Crippen LogP contribution >= 0.6 is 22.6 Å². The highest BCUT2D eigenvalue weighted by Gasteiger charge is 2.38. The standard InChI is InChI=1S/C13H6F5IN2O2/c14-4-1-7(15)11(21-3-4)8-6(13(16,17)18)2-5(12(22)23)10(20)9(8)19/h1-3H,20H2,(H,22,23). The molecule has 0 bridgehead atoms. The van der Waals surface area contributed by atoms with Crippen LogP contribution in [0.2, 0.25) is 0 Å². The Hall–Kier alpha value is -1.98. The van der Waals surface area contributed by atoms with Crippen LogP contribution in [-0.2, 0) is 6.18 Å². The zero-order chi connectivity index (χ0) is 17.5. The highest BCUT2D eigenvalue weighted by molar-refractivity contribution is 14.1. The maximum absolute atomic E-state index is 13.8. The van der Waals surface area contributed by atoms with E-state index in [9.17, 15) is 26.7 Å². The zero-order valence-corrected chi connectivity index (χ0v) is 13.0. The predicted molar refractivity (Wildman–Crippen MR) is 78.7 cm³/mol. The van der Waals surface area contributed by atoms with Gasteiger partial charge in [0.15, 0.2) is 5.82 Å². The van der Waals surface area contributed by atoms with Crippen molar-refractivity contribution in [1.82, 2.24) is 4.98 Å². The molecule has 0 aliphatic rings. The number of halogens is 6. The van der Waals surface area contributed by atoms with Gasteiger partial charge in [0.05, 0.1) is 23.0 Å². The lowest BCUT2D eigenvalue weighted by Gasteiger charge is -2.17. The summed E-state index contributed by atoms with van der Waals surface area (Å²) in [6.07, 6.45) is -4.44. The number of benzene rings is 1. The molecule has 2 rings (SSSR count). The highest BCUT2D eigenvalue weighted by Crippen LogP contribution is 2.43. The summed E-state index contributed by atoms with van der Waals surface area (Å²) in [5.41, 5.74) is 1.36.